The third kappa shape index (κ3) is 5.34. The number of amides is 1. The SMILES string of the molecule is CC(C)c1cccc2sc(N(Cc3cccnc3)C(=O)C3CCN(S(=O)(=O)c4ccc(F)cc4)CC3)nc12. The van der Waals surface area contributed by atoms with Crippen LogP contribution in [0.2, 0.25) is 0 Å². The van der Waals surface area contributed by atoms with Crippen LogP contribution in [0.25, 0.3) is 10.2 Å². The molecule has 0 radical (unpaired) electrons. The second-order valence-electron chi connectivity index (χ2n) is 9.76. The number of hydrogen-bond acceptors (Lipinski definition) is 6. The molecule has 7 nitrogen and oxygen atoms in total. The zero-order valence-corrected chi connectivity index (χ0v) is 22.9. The number of halogens is 1. The van der Waals surface area contributed by atoms with E-state index in [1.165, 1.54) is 27.8 Å². The molecule has 2 aromatic carbocycles. The number of pyridine rings is 1. The third-order valence-corrected chi connectivity index (χ3v) is 9.83. The predicted octanol–water partition coefficient (Wildman–Crippen LogP) is 5.59. The van der Waals surface area contributed by atoms with E-state index in [9.17, 15) is 17.6 Å². The van der Waals surface area contributed by atoms with Crippen LogP contribution in [-0.2, 0) is 21.4 Å². The number of thiazole rings is 1. The standard InChI is InChI=1S/C28H29FN4O3S2/c1-19(2)24-6-3-7-25-26(24)31-28(37-25)33(18-20-5-4-14-30-17-20)27(34)21-12-15-32(16-13-21)38(35,36)23-10-8-22(29)9-11-23/h3-11,14,17,19,21H,12-13,15-16,18H2,1-2H3. The lowest BCUT2D eigenvalue weighted by Gasteiger charge is -2.33. The van der Waals surface area contributed by atoms with Crippen molar-refractivity contribution in [2.75, 3.05) is 18.0 Å². The number of nitrogens with zero attached hydrogens (tertiary/aromatic N) is 4. The normalized spacial score (nSPS) is 15.3. The molecule has 1 fully saturated rings. The van der Waals surface area contributed by atoms with Gasteiger partial charge in [-0.2, -0.15) is 4.31 Å². The van der Waals surface area contributed by atoms with Crippen LogP contribution in [0.5, 0.6) is 0 Å². The van der Waals surface area contributed by atoms with Gasteiger partial charge in [0.05, 0.1) is 21.7 Å². The highest BCUT2D eigenvalue weighted by molar-refractivity contribution is 7.89. The maximum atomic E-state index is 13.9. The summed E-state index contributed by atoms with van der Waals surface area (Å²) in [6, 6.07) is 14.7. The van der Waals surface area contributed by atoms with Crippen molar-refractivity contribution in [2.45, 2.75) is 44.0 Å². The average molecular weight is 553 g/mol. The number of sulfonamides is 1. The molecule has 5 rings (SSSR count). The number of hydrogen-bond donors (Lipinski definition) is 0. The largest absolute Gasteiger partial charge is 0.283 e. The molecule has 4 aromatic rings. The van der Waals surface area contributed by atoms with Gasteiger partial charge in [0.25, 0.3) is 0 Å². The Bertz CT molecular complexity index is 1530. The van der Waals surface area contributed by atoms with Crippen LogP contribution in [0.1, 0.15) is 43.7 Å². The summed E-state index contributed by atoms with van der Waals surface area (Å²) in [6.07, 6.45) is 4.22. The fourth-order valence-corrected chi connectivity index (χ4v) is 7.25. The van der Waals surface area contributed by atoms with E-state index in [0.717, 1.165) is 33.5 Å². The van der Waals surface area contributed by atoms with E-state index in [-0.39, 0.29) is 29.8 Å². The van der Waals surface area contributed by atoms with E-state index < -0.39 is 15.8 Å². The topological polar surface area (TPSA) is 83.5 Å². The zero-order chi connectivity index (χ0) is 26.9. The molecule has 0 spiro atoms. The maximum Gasteiger partial charge on any atom is 0.243 e. The molecule has 0 atom stereocenters. The molecule has 38 heavy (non-hydrogen) atoms. The minimum atomic E-state index is -3.76. The molecule has 0 aliphatic carbocycles. The highest BCUT2D eigenvalue weighted by atomic mass is 32.2. The molecule has 2 aromatic heterocycles. The number of aromatic nitrogens is 2. The molecule has 198 valence electrons. The maximum absolute atomic E-state index is 13.9. The molecule has 0 N–H and O–H groups in total. The van der Waals surface area contributed by atoms with Crippen LogP contribution >= 0.6 is 11.3 Å². The molecule has 10 heteroatoms. The smallest absolute Gasteiger partial charge is 0.243 e. The van der Waals surface area contributed by atoms with E-state index >= 15 is 0 Å². The number of carbonyl (C=O) groups is 1. The number of fused-ring (bicyclic) bond motifs is 1. The Morgan fingerprint density at radius 2 is 1.84 bits per heavy atom. The van der Waals surface area contributed by atoms with Gasteiger partial charge in [-0.3, -0.25) is 14.7 Å². The first-order valence-corrected chi connectivity index (χ1v) is 14.8. The summed E-state index contributed by atoms with van der Waals surface area (Å²) in [6.45, 7) is 5.01. The minimum absolute atomic E-state index is 0.0531. The van der Waals surface area contributed by atoms with Gasteiger partial charge in [0.2, 0.25) is 15.9 Å². The molecule has 0 saturated carbocycles. The first kappa shape index (κ1) is 26.4. The summed E-state index contributed by atoms with van der Waals surface area (Å²) in [5, 5.41) is 0.628. The molecular formula is C28H29FN4O3S2. The molecular weight excluding hydrogens is 523 g/mol. The lowest BCUT2D eigenvalue weighted by Crippen LogP contribution is -2.44. The molecule has 1 saturated heterocycles. The number of anilines is 1. The van der Waals surface area contributed by atoms with Crippen molar-refractivity contribution >= 4 is 42.6 Å². The fourth-order valence-electron chi connectivity index (χ4n) is 4.77. The number of carbonyl (C=O) groups excluding carboxylic acids is 1. The molecule has 1 amide bonds. The minimum Gasteiger partial charge on any atom is -0.283 e. The summed E-state index contributed by atoms with van der Waals surface area (Å²) in [5.74, 6) is -0.610. The Morgan fingerprint density at radius 3 is 2.50 bits per heavy atom. The van der Waals surface area contributed by atoms with E-state index in [2.05, 4.69) is 24.9 Å². The van der Waals surface area contributed by atoms with Crippen molar-refractivity contribution in [2.24, 2.45) is 5.92 Å². The van der Waals surface area contributed by atoms with E-state index in [1.54, 1.807) is 17.3 Å². The van der Waals surface area contributed by atoms with Crippen molar-refractivity contribution in [1.29, 1.82) is 0 Å². The summed E-state index contributed by atoms with van der Waals surface area (Å²) >= 11 is 1.49. The number of rotatable bonds is 7. The van der Waals surface area contributed by atoms with Crippen molar-refractivity contribution in [1.82, 2.24) is 14.3 Å². The Morgan fingerprint density at radius 1 is 1.11 bits per heavy atom. The molecule has 1 aliphatic heterocycles. The van der Waals surface area contributed by atoms with Gasteiger partial charge in [0.1, 0.15) is 5.82 Å². The van der Waals surface area contributed by atoms with Gasteiger partial charge in [0.15, 0.2) is 5.13 Å². The quantitative estimate of drug-likeness (QED) is 0.299. The first-order valence-electron chi connectivity index (χ1n) is 12.6. The molecule has 0 unspecified atom stereocenters. The summed E-state index contributed by atoms with van der Waals surface area (Å²) < 4.78 is 41.8. The van der Waals surface area contributed by atoms with Crippen LogP contribution in [0.3, 0.4) is 0 Å². The monoisotopic (exact) mass is 552 g/mol. The van der Waals surface area contributed by atoms with Crippen LogP contribution < -0.4 is 4.90 Å². The predicted molar refractivity (Wildman–Crippen MR) is 147 cm³/mol. The van der Waals surface area contributed by atoms with Crippen LogP contribution in [0, 0.1) is 11.7 Å². The second-order valence-corrected chi connectivity index (χ2v) is 12.7. The Hall–Kier alpha value is -3.21. The number of piperidine rings is 1. The Labute approximate surface area is 226 Å². The van der Waals surface area contributed by atoms with Gasteiger partial charge in [-0.25, -0.2) is 17.8 Å². The van der Waals surface area contributed by atoms with Gasteiger partial charge in [-0.15, -0.1) is 0 Å². The fraction of sp³-hybridized carbons (Fsp3) is 0.321. The van der Waals surface area contributed by atoms with Crippen molar-refractivity contribution in [3.05, 3.63) is 83.9 Å². The molecule has 1 aliphatic rings. The second kappa shape index (κ2) is 10.9. The molecule has 0 bridgehead atoms. The van der Waals surface area contributed by atoms with E-state index in [1.807, 2.05) is 24.3 Å². The van der Waals surface area contributed by atoms with Gasteiger partial charge in [-0.1, -0.05) is 43.4 Å². The summed E-state index contributed by atoms with van der Waals surface area (Å²) in [5.41, 5.74) is 2.94. The average Bonchev–Trinajstić information content (AvgIpc) is 3.36. The van der Waals surface area contributed by atoms with Crippen molar-refractivity contribution in [3.8, 4) is 0 Å². The van der Waals surface area contributed by atoms with Crippen molar-refractivity contribution in [3.63, 3.8) is 0 Å². The lowest BCUT2D eigenvalue weighted by atomic mass is 9.96. The molecule has 3 heterocycles. The first-order chi connectivity index (χ1) is 18.2. The van der Waals surface area contributed by atoms with Crippen LogP contribution in [-0.4, -0.2) is 41.7 Å². The Balaban J connectivity index is 1.39. The van der Waals surface area contributed by atoms with Gasteiger partial charge >= 0.3 is 0 Å². The Kier molecular flexibility index (Phi) is 7.56. The van der Waals surface area contributed by atoms with Gasteiger partial charge in [0, 0.05) is 31.4 Å². The van der Waals surface area contributed by atoms with Crippen LogP contribution in [0.4, 0.5) is 9.52 Å². The van der Waals surface area contributed by atoms with Crippen molar-refractivity contribution < 1.29 is 17.6 Å². The number of para-hydroxylation sites is 1. The number of benzene rings is 2. The van der Waals surface area contributed by atoms with Gasteiger partial charge in [-0.05, 0) is 66.3 Å². The van der Waals surface area contributed by atoms with E-state index in [0.29, 0.717) is 30.4 Å². The third-order valence-electron chi connectivity index (χ3n) is 6.88. The summed E-state index contributed by atoms with van der Waals surface area (Å²) in [7, 11) is -3.76. The van der Waals surface area contributed by atoms with E-state index in [4.69, 9.17) is 4.98 Å². The highest BCUT2D eigenvalue weighted by Gasteiger charge is 2.35. The highest BCUT2D eigenvalue weighted by Crippen LogP contribution is 2.36. The summed E-state index contributed by atoms with van der Waals surface area (Å²) in [4.78, 5) is 24.8. The zero-order valence-electron chi connectivity index (χ0n) is 21.2. The van der Waals surface area contributed by atoms with Gasteiger partial charge < -0.3 is 0 Å². The lowest BCUT2D eigenvalue weighted by molar-refractivity contribution is -0.123. The van der Waals surface area contributed by atoms with Crippen LogP contribution in [0.15, 0.2) is 71.9 Å².